The summed E-state index contributed by atoms with van der Waals surface area (Å²) in [5.74, 6) is 2.56. The fourth-order valence-electron chi connectivity index (χ4n) is 5.40. The van der Waals surface area contributed by atoms with Gasteiger partial charge in [-0.05, 0) is 54.7 Å². The lowest BCUT2D eigenvalue weighted by atomic mass is 9.48. The number of allylic oxidation sites excluding steroid dienone is 2. The summed E-state index contributed by atoms with van der Waals surface area (Å²) in [5.41, 5.74) is 1.79. The summed E-state index contributed by atoms with van der Waals surface area (Å²) in [7, 11) is 3.14. The lowest BCUT2D eigenvalue weighted by molar-refractivity contribution is -0.122. The van der Waals surface area contributed by atoms with Crippen LogP contribution in [0.15, 0.2) is 24.0 Å². The molecule has 4 rings (SSSR count). The molecule has 24 heavy (non-hydrogen) atoms. The first kappa shape index (κ1) is 15.6. The number of benzene rings is 1. The molecule has 0 radical (unpaired) electrons. The Labute approximate surface area is 142 Å². The quantitative estimate of drug-likeness (QED) is 0.904. The summed E-state index contributed by atoms with van der Waals surface area (Å²) >= 11 is 0. The molecule has 1 aromatic carbocycles. The summed E-state index contributed by atoms with van der Waals surface area (Å²) < 4.78 is 10.7. The van der Waals surface area contributed by atoms with Crippen LogP contribution in [0.4, 0.5) is 0 Å². The van der Waals surface area contributed by atoms with Crippen molar-refractivity contribution in [2.24, 2.45) is 17.8 Å². The first-order valence-electron chi connectivity index (χ1n) is 8.70. The second-order valence-electron chi connectivity index (χ2n) is 7.55. The largest absolute Gasteiger partial charge is 0.504 e. The smallest absolute Gasteiger partial charge is 0.197 e. The van der Waals surface area contributed by atoms with E-state index >= 15 is 0 Å². The third-order valence-electron chi connectivity index (χ3n) is 6.58. The van der Waals surface area contributed by atoms with E-state index in [2.05, 4.69) is 13.0 Å². The predicted octanol–water partition coefficient (Wildman–Crippen LogP) is 3.36. The van der Waals surface area contributed by atoms with Crippen LogP contribution < -0.4 is 4.74 Å². The summed E-state index contributed by atoms with van der Waals surface area (Å²) in [6, 6.07) is 3.91. The van der Waals surface area contributed by atoms with Crippen molar-refractivity contribution in [2.75, 3.05) is 14.2 Å². The number of ether oxygens (including phenoxy) is 2. The SMILES string of the molecule is COC1=CC2C3Cc4ccc(OC)c(O)c4[C@]2(CC[C@H]3C)CC1=O. The number of carbonyl (C=O) groups is 1. The standard InChI is InChI=1S/C20H24O4/c1-11-6-7-20-10-15(21)17(24-3)9-14(20)13(11)8-12-4-5-16(23-2)19(22)18(12)20/h4-5,9,11,13-14,22H,6-8,10H2,1-3H3/t11-,13?,14?,20-/m1/s1. The number of aromatic hydroxyl groups is 1. The normalized spacial score (nSPS) is 34.0. The van der Waals surface area contributed by atoms with Crippen molar-refractivity contribution in [1.82, 2.24) is 0 Å². The van der Waals surface area contributed by atoms with Gasteiger partial charge in [-0.2, -0.15) is 0 Å². The molecule has 128 valence electrons. The van der Waals surface area contributed by atoms with Gasteiger partial charge in [-0.15, -0.1) is 0 Å². The average molecular weight is 328 g/mol. The second kappa shape index (κ2) is 5.27. The number of hydrogen-bond acceptors (Lipinski definition) is 4. The number of rotatable bonds is 2. The highest BCUT2D eigenvalue weighted by molar-refractivity contribution is 5.96. The van der Waals surface area contributed by atoms with Gasteiger partial charge in [0, 0.05) is 17.4 Å². The molecule has 3 aliphatic rings. The van der Waals surface area contributed by atoms with Crippen LogP contribution in [-0.4, -0.2) is 25.1 Å². The monoisotopic (exact) mass is 328 g/mol. The number of phenolic OH excluding ortho intramolecular Hbond substituents is 1. The van der Waals surface area contributed by atoms with E-state index in [-0.39, 0.29) is 22.9 Å². The molecule has 1 saturated carbocycles. The number of carbonyl (C=O) groups excluding carboxylic acids is 1. The van der Waals surface area contributed by atoms with Crippen molar-refractivity contribution in [2.45, 2.75) is 38.0 Å². The molecule has 0 saturated heterocycles. The van der Waals surface area contributed by atoms with Crippen molar-refractivity contribution in [1.29, 1.82) is 0 Å². The summed E-state index contributed by atoms with van der Waals surface area (Å²) in [4.78, 5) is 12.6. The Bertz CT molecular complexity index is 735. The van der Waals surface area contributed by atoms with Crippen LogP contribution in [0.1, 0.15) is 37.3 Å². The van der Waals surface area contributed by atoms with Crippen LogP contribution >= 0.6 is 0 Å². The van der Waals surface area contributed by atoms with E-state index < -0.39 is 0 Å². The zero-order valence-corrected chi connectivity index (χ0v) is 14.5. The Hall–Kier alpha value is -1.97. The predicted molar refractivity (Wildman–Crippen MR) is 90.1 cm³/mol. The summed E-state index contributed by atoms with van der Waals surface area (Å²) in [5, 5.41) is 10.9. The van der Waals surface area contributed by atoms with E-state index in [1.807, 2.05) is 12.1 Å². The number of Topliss-reactive ketones (excluding diaryl/α,β-unsaturated/α-hetero) is 1. The molecule has 4 heteroatoms. The van der Waals surface area contributed by atoms with E-state index in [1.54, 1.807) is 14.2 Å². The topological polar surface area (TPSA) is 55.8 Å². The molecule has 0 amide bonds. The summed E-state index contributed by atoms with van der Waals surface area (Å²) in [6.45, 7) is 2.31. The molecule has 2 bridgehead atoms. The highest BCUT2D eigenvalue weighted by Crippen LogP contribution is 2.61. The number of hydrogen-bond donors (Lipinski definition) is 1. The van der Waals surface area contributed by atoms with Gasteiger partial charge in [0.15, 0.2) is 23.0 Å². The van der Waals surface area contributed by atoms with Gasteiger partial charge in [0.1, 0.15) is 0 Å². The van der Waals surface area contributed by atoms with Crippen LogP contribution in [0.25, 0.3) is 0 Å². The van der Waals surface area contributed by atoms with Crippen molar-refractivity contribution >= 4 is 5.78 Å². The first-order chi connectivity index (χ1) is 11.5. The van der Waals surface area contributed by atoms with Crippen molar-refractivity contribution in [3.8, 4) is 11.5 Å². The molecule has 4 nitrogen and oxygen atoms in total. The van der Waals surface area contributed by atoms with Gasteiger partial charge in [-0.1, -0.05) is 13.0 Å². The summed E-state index contributed by atoms with van der Waals surface area (Å²) in [6.07, 6.45) is 5.38. The molecule has 2 unspecified atom stereocenters. The minimum absolute atomic E-state index is 0.0390. The fourth-order valence-corrected chi connectivity index (χ4v) is 5.40. The van der Waals surface area contributed by atoms with E-state index in [9.17, 15) is 9.90 Å². The lowest BCUT2D eigenvalue weighted by Crippen LogP contribution is -2.52. The van der Waals surface area contributed by atoms with Crippen LogP contribution in [0.3, 0.4) is 0 Å². The number of fused-ring (bicyclic) bond motifs is 1. The molecule has 0 heterocycles. The molecule has 4 atom stereocenters. The Morgan fingerprint density at radius 2 is 2.04 bits per heavy atom. The highest BCUT2D eigenvalue weighted by Gasteiger charge is 2.56. The maximum Gasteiger partial charge on any atom is 0.197 e. The van der Waals surface area contributed by atoms with Crippen LogP contribution in [0.5, 0.6) is 11.5 Å². The highest BCUT2D eigenvalue weighted by atomic mass is 16.5. The van der Waals surface area contributed by atoms with Gasteiger partial charge in [0.25, 0.3) is 0 Å². The van der Waals surface area contributed by atoms with E-state index in [4.69, 9.17) is 9.47 Å². The number of ketones is 1. The second-order valence-corrected chi connectivity index (χ2v) is 7.55. The van der Waals surface area contributed by atoms with Crippen LogP contribution in [0.2, 0.25) is 0 Å². The average Bonchev–Trinajstić information content (AvgIpc) is 2.57. The molecule has 0 aromatic heterocycles. The molecule has 3 aliphatic carbocycles. The van der Waals surface area contributed by atoms with Gasteiger partial charge >= 0.3 is 0 Å². The third-order valence-corrected chi connectivity index (χ3v) is 6.58. The molecule has 1 aromatic rings. The maximum absolute atomic E-state index is 12.6. The Morgan fingerprint density at radius 1 is 1.25 bits per heavy atom. The van der Waals surface area contributed by atoms with Gasteiger partial charge in [-0.3, -0.25) is 4.79 Å². The third kappa shape index (κ3) is 1.89. The number of methoxy groups -OCH3 is 2. The molecule has 0 aliphatic heterocycles. The van der Waals surface area contributed by atoms with Crippen LogP contribution in [-0.2, 0) is 21.4 Å². The Balaban J connectivity index is 1.97. The molecular weight excluding hydrogens is 304 g/mol. The van der Waals surface area contributed by atoms with Crippen molar-refractivity contribution in [3.63, 3.8) is 0 Å². The Morgan fingerprint density at radius 3 is 2.75 bits per heavy atom. The van der Waals surface area contributed by atoms with E-state index in [0.717, 1.165) is 24.8 Å². The van der Waals surface area contributed by atoms with Crippen molar-refractivity contribution in [3.05, 3.63) is 35.1 Å². The van der Waals surface area contributed by atoms with Gasteiger partial charge in [0.2, 0.25) is 0 Å². The minimum atomic E-state index is -0.317. The van der Waals surface area contributed by atoms with Crippen molar-refractivity contribution < 1.29 is 19.4 Å². The van der Waals surface area contributed by atoms with E-state index in [1.165, 1.54) is 5.56 Å². The molecular formula is C20H24O4. The zero-order valence-electron chi connectivity index (χ0n) is 14.5. The van der Waals surface area contributed by atoms with E-state index in [0.29, 0.717) is 29.8 Å². The molecule has 0 spiro atoms. The van der Waals surface area contributed by atoms with Gasteiger partial charge in [0.05, 0.1) is 14.2 Å². The molecule has 1 N–H and O–H groups in total. The van der Waals surface area contributed by atoms with Gasteiger partial charge < -0.3 is 14.6 Å². The number of phenols is 1. The zero-order chi connectivity index (χ0) is 17.1. The Kier molecular flexibility index (Phi) is 3.41. The fraction of sp³-hybridized carbons (Fsp3) is 0.550. The van der Waals surface area contributed by atoms with Gasteiger partial charge in [-0.25, -0.2) is 0 Å². The minimum Gasteiger partial charge on any atom is -0.504 e. The van der Waals surface area contributed by atoms with Crippen LogP contribution in [0, 0.1) is 17.8 Å². The molecule has 1 fully saturated rings. The lowest BCUT2D eigenvalue weighted by Gasteiger charge is -2.55. The maximum atomic E-state index is 12.6. The first-order valence-corrected chi connectivity index (χ1v) is 8.70.